The van der Waals surface area contributed by atoms with E-state index in [9.17, 15) is 19.2 Å². The van der Waals surface area contributed by atoms with Gasteiger partial charge in [0.25, 0.3) is 5.91 Å². The van der Waals surface area contributed by atoms with Crippen LogP contribution in [0.25, 0.3) is 6.08 Å². The Balaban J connectivity index is 1.81. The van der Waals surface area contributed by atoms with Gasteiger partial charge in [-0.2, -0.15) is 5.01 Å². The molecule has 4 rings (SSSR count). The first-order valence-electron chi connectivity index (χ1n) is 13.1. The van der Waals surface area contributed by atoms with Gasteiger partial charge in [0.2, 0.25) is 18.0 Å². The molecule has 0 aliphatic carbocycles. The monoisotopic (exact) mass is 726 g/mol. The minimum Gasteiger partial charge on any atom is -0.444 e. The first kappa shape index (κ1) is 32.4. The van der Waals surface area contributed by atoms with Gasteiger partial charge in [-0.05, 0) is 73.8 Å². The number of hydrogen-bond donors (Lipinski definition) is 1. The summed E-state index contributed by atoms with van der Waals surface area (Å²) in [5.41, 5.74) is 2.45. The first-order chi connectivity index (χ1) is 20.8. The van der Waals surface area contributed by atoms with Gasteiger partial charge in [-0.3, -0.25) is 19.2 Å². The van der Waals surface area contributed by atoms with Crippen LogP contribution in [0.15, 0.2) is 80.4 Å². The molecule has 44 heavy (non-hydrogen) atoms. The first-order valence-corrected chi connectivity index (χ1v) is 14.7. The predicted molar refractivity (Wildman–Crippen MR) is 171 cm³/mol. The molecule has 0 radical (unpaired) electrons. The second kappa shape index (κ2) is 13.9. The lowest BCUT2D eigenvalue weighted by atomic mass is 10.1. The molecule has 2 amide bonds. The standard InChI is InChI=1S/C31H28Br2N4O7/c1-17(38)37-31(44-30(35-37)23-16-24(32)28(43-19(3)40)26(33)27(23)42-18(2)39)25(34-29(41)21-9-7-6-8-10-21)15-20-11-13-22(14-12-20)36(4)5/h6-16,31H,1-5H3,(H,34,41). The number of hydrazone groups is 1. The number of carbonyl (C=O) groups excluding carboxylic acids is 4. The smallest absolute Gasteiger partial charge is 0.308 e. The number of nitrogens with zero attached hydrogens (tertiary/aromatic N) is 3. The molecule has 1 aliphatic rings. The van der Waals surface area contributed by atoms with Crippen LogP contribution >= 0.6 is 31.9 Å². The van der Waals surface area contributed by atoms with Crippen molar-refractivity contribution in [3.05, 3.63) is 92.0 Å². The highest BCUT2D eigenvalue weighted by Gasteiger charge is 2.38. The van der Waals surface area contributed by atoms with Crippen LogP contribution in [0.5, 0.6) is 11.5 Å². The number of carbonyl (C=O) groups is 4. The van der Waals surface area contributed by atoms with Crippen molar-refractivity contribution in [3.63, 3.8) is 0 Å². The minimum atomic E-state index is -1.21. The van der Waals surface area contributed by atoms with Crippen molar-refractivity contribution >= 4 is 73.3 Å². The average Bonchev–Trinajstić information content (AvgIpc) is 3.42. The molecule has 0 aromatic heterocycles. The van der Waals surface area contributed by atoms with E-state index in [2.05, 4.69) is 42.3 Å². The fourth-order valence-corrected chi connectivity index (χ4v) is 5.47. The molecule has 1 N–H and O–H groups in total. The number of halogens is 2. The molecule has 3 aromatic rings. The Morgan fingerprint density at radius 2 is 1.55 bits per heavy atom. The van der Waals surface area contributed by atoms with Crippen molar-refractivity contribution in [2.45, 2.75) is 27.0 Å². The third kappa shape index (κ3) is 7.53. The molecule has 1 atom stereocenters. The second-order valence-corrected chi connectivity index (χ2v) is 11.4. The highest BCUT2D eigenvalue weighted by Crippen LogP contribution is 2.44. The summed E-state index contributed by atoms with van der Waals surface area (Å²) in [4.78, 5) is 51.9. The number of esters is 2. The normalized spacial score (nSPS) is 14.3. The maximum atomic E-state index is 13.3. The summed E-state index contributed by atoms with van der Waals surface area (Å²) in [6.45, 7) is 3.73. The van der Waals surface area contributed by atoms with Crippen molar-refractivity contribution < 1.29 is 33.4 Å². The Morgan fingerprint density at radius 3 is 2.11 bits per heavy atom. The number of rotatable bonds is 8. The molecular formula is C31H28Br2N4O7. The largest absolute Gasteiger partial charge is 0.444 e. The van der Waals surface area contributed by atoms with Crippen LogP contribution < -0.4 is 19.7 Å². The van der Waals surface area contributed by atoms with Gasteiger partial charge < -0.3 is 24.4 Å². The number of nitrogens with one attached hydrogen (secondary N) is 1. The molecule has 0 bridgehead atoms. The Bertz CT molecular complexity index is 1670. The van der Waals surface area contributed by atoms with Gasteiger partial charge in [0.15, 0.2) is 11.5 Å². The van der Waals surface area contributed by atoms with Gasteiger partial charge in [0.1, 0.15) is 4.47 Å². The van der Waals surface area contributed by atoms with Gasteiger partial charge in [-0.1, -0.05) is 30.3 Å². The lowest BCUT2D eigenvalue weighted by Gasteiger charge is -2.23. The van der Waals surface area contributed by atoms with Crippen LogP contribution in [0.1, 0.15) is 42.3 Å². The van der Waals surface area contributed by atoms with E-state index in [1.165, 1.54) is 26.8 Å². The fourth-order valence-electron chi connectivity index (χ4n) is 4.11. The van der Waals surface area contributed by atoms with E-state index in [4.69, 9.17) is 14.2 Å². The number of ether oxygens (including phenoxy) is 3. The van der Waals surface area contributed by atoms with Crippen molar-refractivity contribution in [3.8, 4) is 11.5 Å². The van der Waals surface area contributed by atoms with Crippen molar-refractivity contribution in [2.24, 2.45) is 5.10 Å². The van der Waals surface area contributed by atoms with E-state index in [0.717, 1.165) is 16.3 Å². The maximum absolute atomic E-state index is 13.3. The molecule has 1 heterocycles. The van der Waals surface area contributed by atoms with Gasteiger partial charge in [0, 0.05) is 46.1 Å². The summed E-state index contributed by atoms with van der Waals surface area (Å²) in [6.07, 6.45) is 0.474. The third-order valence-corrected chi connectivity index (χ3v) is 7.42. The van der Waals surface area contributed by atoms with E-state index in [0.29, 0.717) is 10.0 Å². The summed E-state index contributed by atoms with van der Waals surface area (Å²) < 4.78 is 17.4. The van der Waals surface area contributed by atoms with Crippen LogP contribution in [0.3, 0.4) is 0 Å². The predicted octanol–water partition coefficient (Wildman–Crippen LogP) is 5.47. The molecule has 1 unspecified atom stereocenters. The van der Waals surface area contributed by atoms with Crippen molar-refractivity contribution in [2.75, 3.05) is 19.0 Å². The van der Waals surface area contributed by atoms with E-state index >= 15 is 0 Å². The molecule has 1 aliphatic heterocycles. The summed E-state index contributed by atoms with van der Waals surface area (Å²) in [6, 6.07) is 17.6. The average molecular weight is 728 g/mol. The number of benzene rings is 3. The summed E-state index contributed by atoms with van der Waals surface area (Å²) in [5, 5.41) is 8.34. The third-order valence-electron chi connectivity index (χ3n) is 6.11. The molecule has 0 fully saturated rings. The maximum Gasteiger partial charge on any atom is 0.308 e. The van der Waals surface area contributed by atoms with E-state index in [-0.39, 0.29) is 33.1 Å². The molecular weight excluding hydrogens is 700 g/mol. The van der Waals surface area contributed by atoms with E-state index < -0.39 is 30.0 Å². The van der Waals surface area contributed by atoms with E-state index in [1.54, 1.807) is 36.4 Å². The molecule has 0 saturated carbocycles. The van der Waals surface area contributed by atoms with Gasteiger partial charge >= 0.3 is 11.9 Å². The number of amides is 2. The Hall–Kier alpha value is -4.49. The summed E-state index contributed by atoms with van der Waals surface area (Å²) in [7, 11) is 3.85. The SMILES string of the molecule is CC(=O)Oc1c(Br)cc(C2=NN(C(C)=O)C(C(=Cc3ccc(N(C)C)cc3)NC(=O)c3ccccc3)O2)c(OC(C)=O)c1Br. The zero-order valence-corrected chi connectivity index (χ0v) is 27.6. The quantitative estimate of drug-likeness (QED) is 0.239. The highest BCUT2D eigenvalue weighted by molar-refractivity contribution is 9.11. The van der Waals surface area contributed by atoms with Crippen molar-refractivity contribution in [1.82, 2.24) is 10.3 Å². The Kier molecular flexibility index (Phi) is 10.2. The topological polar surface area (TPSA) is 127 Å². The highest BCUT2D eigenvalue weighted by atomic mass is 79.9. The number of anilines is 1. The lowest BCUT2D eigenvalue weighted by molar-refractivity contribution is -0.134. The fraction of sp³-hybridized carbons (Fsp3) is 0.194. The zero-order valence-electron chi connectivity index (χ0n) is 24.4. The van der Waals surface area contributed by atoms with Crippen molar-refractivity contribution in [1.29, 1.82) is 0 Å². The van der Waals surface area contributed by atoms with Gasteiger partial charge in [-0.15, -0.1) is 5.10 Å². The molecule has 0 spiro atoms. The Morgan fingerprint density at radius 1 is 0.932 bits per heavy atom. The van der Waals surface area contributed by atoms with E-state index in [1.807, 2.05) is 43.3 Å². The van der Waals surface area contributed by atoms with Crippen LogP contribution in [0.2, 0.25) is 0 Å². The molecule has 3 aromatic carbocycles. The minimum absolute atomic E-state index is 0.0574. The van der Waals surface area contributed by atoms with Crippen LogP contribution in [-0.4, -0.2) is 55.0 Å². The zero-order chi connectivity index (χ0) is 32.1. The van der Waals surface area contributed by atoms with Crippen LogP contribution in [0.4, 0.5) is 5.69 Å². The Labute approximate surface area is 270 Å². The van der Waals surface area contributed by atoms with Crippen LogP contribution in [0, 0.1) is 0 Å². The summed E-state index contributed by atoms with van der Waals surface area (Å²) >= 11 is 6.72. The van der Waals surface area contributed by atoms with Gasteiger partial charge in [-0.25, -0.2) is 0 Å². The molecule has 11 nitrogen and oxygen atoms in total. The lowest BCUT2D eigenvalue weighted by Crippen LogP contribution is -2.40. The molecule has 0 saturated heterocycles. The summed E-state index contributed by atoms with van der Waals surface area (Å²) in [5.74, 6) is -2.28. The molecule has 228 valence electrons. The van der Waals surface area contributed by atoms with Gasteiger partial charge in [0.05, 0.1) is 15.7 Å². The van der Waals surface area contributed by atoms with Crippen LogP contribution in [-0.2, 0) is 19.1 Å². The second-order valence-electron chi connectivity index (χ2n) is 9.71. The molecule has 13 heteroatoms. The number of hydrogen-bond acceptors (Lipinski definition) is 9.